The molecule has 0 heterocycles. The maximum atomic E-state index is 13.4. The van der Waals surface area contributed by atoms with E-state index in [0.717, 1.165) is 16.0 Å². The maximum Gasteiger partial charge on any atom is 0.240 e. The summed E-state index contributed by atoms with van der Waals surface area (Å²) in [6.07, 6.45) is 0. The van der Waals surface area contributed by atoms with Gasteiger partial charge in [0.2, 0.25) is 5.91 Å². The normalized spacial score (nSPS) is 11.7. The van der Waals surface area contributed by atoms with Crippen LogP contribution in [0.5, 0.6) is 0 Å². The molecule has 0 unspecified atom stereocenters. The number of nitrogens with zero attached hydrogens (tertiary/aromatic N) is 1. The molecule has 1 atom stereocenters. The van der Waals surface area contributed by atoms with Crippen LogP contribution in [0.4, 0.5) is 0 Å². The molecule has 0 fully saturated rings. The summed E-state index contributed by atoms with van der Waals surface area (Å²) in [5, 5.41) is -0.248. The zero-order chi connectivity index (χ0) is 18.2. The quantitative estimate of drug-likeness (QED) is 0.513. The van der Waals surface area contributed by atoms with Crippen LogP contribution < -0.4 is 0 Å². The van der Waals surface area contributed by atoms with Crippen LogP contribution in [0.15, 0.2) is 95.9 Å². The highest BCUT2D eigenvalue weighted by Crippen LogP contribution is 2.36. The number of benzene rings is 3. The standard InChI is InChI=1S/C23H23NOS/c1-2-24(18-19-12-6-3-7-13-19)23(25)22(20-14-8-4-9-15-20)26-21-16-10-5-11-17-21/h3-17,22H,2,18H2,1H3/t22-/m0/s1. The third-order valence-corrected chi connectivity index (χ3v) is 5.49. The van der Waals surface area contributed by atoms with Gasteiger partial charge in [0.1, 0.15) is 5.25 Å². The van der Waals surface area contributed by atoms with Crippen molar-refractivity contribution < 1.29 is 4.79 Å². The third kappa shape index (κ3) is 4.77. The van der Waals surface area contributed by atoms with Crippen LogP contribution >= 0.6 is 11.8 Å². The van der Waals surface area contributed by atoms with E-state index in [1.165, 1.54) is 0 Å². The minimum absolute atomic E-state index is 0.149. The Bertz CT molecular complexity index is 805. The van der Waals surface area contributed by atoms with Crippen molar-refractivity contribution in [2.24, 2.45) is 0 Å². The number of amides is 1. The first kappa shape index (κ1) is 18.3. The Morgan fingerprint density at radius 2 is 1.38 bits per heavy atom. The summed E-state index contributed by atoms with van der Waals surface area (Å²) >= 11 is 1.61. The first-order chi connectivity index (χ1) is 12.8. The number of hydrogen-bond acceptors (Lipinski definition) is 2. The molecule has 26 heavy (non-hydrogen) atoms. The molecule has 3 aromatic rings. The fraction of sp³-hybridized carbons (Fsp3) is 0.174. The molecule has 0 N–H and O–H groups in total. The number of thioether (sulfide) groups is 1. The van der Waals surface area contributed by atoms with Crippen LogP contribution in [0.2, 0.25) is 0 Å². The van der Waals surface area contributed by atoms with Crippen molar-refractivity contribution in [3.05, 3.63) is 102 Å². The van der Waals surface area contributed by atoms with Crippen LogP contribution in [0.1, 0.15) is 23.3 Å². The van der Waals surface area contributed by atoms with E-state index in [1.54, 1.807) is 11.8 Å². The van der Waals surface area contributed by atoms with Gasteiger partial charge in [-0.3, -0.25) is 4.79 Å². The molecule has 3 heteroatoms. The number of likely N-dealkylation sites (N-methyl/N-ethyl adjacent to an activating group) is 1. The Labute approximate surface area is 159 Å². The lowest BCUT2D eigenvalue weighted by Crippen LogP contribution is -2.33. The van der Waals surface area contributed by atoms with Crippen LogP contribution in [-0.2, 0) is 11.3 Å². The van der Waals surface area contributed by atoms with Crippen LogP contribution in [-0.4, -0.2) is 17.4 Å². The zero-order valence-corrected chi connectivity index (χ0v) is 15.7. The second-order valence-corrected chi connectivity index (χ2v) is 7.24. The minimum Gasteiger partial charge on any atom is -0.337 e. The van der Waals surface area contributed by atoms with Gasteiger partial charge < -0.3 is 4.90 Å². The third-order valence-electron chi connectivity index (χ3n) is 4.23. The Morgan fingerprint density at radius 3 is 1.96 bits per heavy atom. The minimum atomic E-state index is -0.248. The Balaban J connectivity index is 1.85. The lowest BCUT2D eigenvalue weighted by Gasteiger charge is -2.26. The molecule has 0 radical (unpaired) electrons. The molecular weight excluding hydrogens is 338 g/mol. The number of rotatable bonds is 7. The van der Waals surface area contributed by atoms with Crippen LogP contribution in [0.3, 0.4) is 0 Å². The van der Waals surface area contributed by atoms with E-state index in [-0.39, 0.29) is 11.2 Å². The predicted molar refractivity (Wildman–Crippen MR) is 109 cm³/mol. The second kappa shape index (κ2) is 9.25. The van der Waals surface area contributed by atoms with E-state index in [4.69, 9.17) is 0 Å². The van der Waals surface area contributed by atoms with Gasteiger partial charge in [-0.25, -0.2) is 0 Å². The van der Waals surface area contributed by atoms with Crippen molar-refractivity contribution in [3.8, 4) is 0 Å². The van der Waals surface area contributed by atoms with Crippen molar-refractivity contribution in [1.82, 2.24) is 4.90 Å². The summed E-state index contributed by atoms with van der Waals surface area (Å²) in [6, 6.07) is 30.3. The van der Waals surface area contributed by atoms with E-state index in [1.807, 2.05) is 78.6 Å². The van der Waals surface area contributed by atoms with Crippen molar-refractivity contribution in [2.45, 2.75) is 23.6 Å². The van der Waals surface area contributed by atoms with Gasteiger partial charge in [-0.15, -0.1) is 11.8 Å². The molecule has 0 saturated heterocycles. The largest absolute Gasteiger partial charge is 0.337 e. The van der Waals surface area contributed by atoms with E-state index < -0.39 is 0 Å². The van der Waals surface area contributed by atoms with Crippen LogP contribution in [0.25, 0.3) is 0 Å². The van der Waals surface area contributed by atoms with Crippen molar-refractivity contribution in [3.63, 3.8) is 0 Å². The Hall–Kier alpha value is -2.52. The molecule has 0 bridgehead atoms. The maximum absolute atomic E-state index is 13.4. The first-order valence-electron chi connectivity index (χ1n) is 8.87. The molecular formula is C23H23NOS. The van der Waals surface area contributed by atoms with Gasteiger partial charge in [0, 0.05) is 18.0 Å². The second-order valence-electron chi connectivity index (χ2n) is 6.06. The fourth-order valence-corrected chi connectivity index (χ4v) is 3.97. The molecule has 0 saturated carbocycles. The van der Waals surface area contributed by atoms with E-state index in [2.05, 4.69) is 24.3 Å². The van der Waals surface area contributed by atoms with Gasteiger partial charge >= 0.3 is 0 Å². The summed E-state index contributed by atoms with van der Waals surface area (Å²) < 4.78 is 0. The van der Waals surface area contributed by atoms with Gasteiger partial charge in [-0.1, -0.05) is 78.9 Å². The summed E-state index contributed by atoms with van der Waals surface area (Å²) in [7, 11) is 0. The first-order valence-corrected chi connectivity index (χ1v) is 9.75. The lowest BCUT2D eigenvalue weighted by atomic mass is 10.1. The van der Waals surface area contributed by atoms with Gasteiger partial charge in [0.05, 0.1) is 0 Å². The Kier molecular flexibility index (Phi) is 6.50. The SMILES string of the molecule is CCN(Cc1ccccc1)C(=O)[C@@H](Sc1ccccc1)c1ccccc1. The highest BCUT2D eigenvalue weighted by atomic mass is 32.2. The topological polar surface area (TPSA) is 20.3 Å². The molecule has 0 aliphatic rings. The molecule has 3 rings (SSSR count). The fourth-order valence-electron chi connectivity index (χ4n) is 2.84. The van der Waals surface area contributed by atoms with Gasteiger partial charge in [-0.05, 0) is 30.2 Å². The molecule has 2 nitrogen and oxygen atoms in total. The van der Waals surface area contributed by atoms with Gasteiger partial charge in [0.25, 0.3) is 0 Å². The molecule has 3 aromatic carbocycles. The highest BCUT2D eigenvalue weighted by molar-refractivity contribution is 8.00. The number of carbonyl (C=O) groups is 1. The molecule has 0 aliphatic carbocycles. The number of hydrogen-bond donors (Lipinski definition) is 0. The summed E-state index contributed by atoms with van der Waals surface area (Å²) in [4.78, 5) is 16.4. The van der Waals surface area contributed by atoms with Crippen molar-refractivity contribution in [1.29, 1.82) is 0 Å². The molecule has 0 aliphatic heterocycles. The molecule has 0 spiro atoms. The lowest BCUT2D eigenvalue weighted by molar-refractivity contribution is -0.131. The monoisotopic (exact) mass is 361 g/mol. The average Bonchev–Trinajstić information content (AvgIpc) is 2.72. The molecule has 1 amide bonds. The zero-order valence-electron chi connectivity index (χ0n) is 14.9. The van der Waals surface area contributed by atoms with Crippen molar-refractivity contribution in [2.75, 3.05) is 6.54 Å². The number of carbonyl (C=O) groups excluding carboxylic acids is 1. The summed E-state index contributed by atoms with van der Waals surface area (Å²) in [6.45, 7) is 3.36. The Morgan fingerprint density at radius 1 is 0.846 bits per heavy atom. The van der Waals surface area contributed by atoms with Crippen molar-refractivity contribution >= 4 is 17.7 Å². The smallest absolute Gasteiger partial charge is 0.240 e. The predicted octanol–water partition coefficient (Wildman–Crippen LogP) is 5.57. The highest BCUT2D eigenvalue weighted by Gasteiger charge is 2.26. The van der Waals surface area contributed by atoms with E-state index in [9.17, 15) is 4.79 Å². The van der Waals surface area contributed by atoms with Gasteiger partial charge in [-0.2, -0.15) is 0 Å². The van der Waals surface area contributed by atoms with Gasteiger partial charge in [0.15, 0.2) is 0 Å². The molecule has 0 aromatic heterocycles. The van der Waals surface area contributed by atoms with E-state index in [0.29, 0.717) is 13.1 Å². The molecule has 132 valence electrons. The average molecular weight is 362 g/mol. The summed E-state index contributed by atoms with van der Waals surface area (Å²) in [5.74, 6) is 0.149. The summed E-state index contributed by atoms with van der Waals surface area (Å²) in [5.41, 5.74) is 2.19. The van der Waals surface area contributed by atoms with Crippen LogP contribution in [0, 0.1) is 0 Å². The van der Waals surface area contributed by atoms with E-state index >= 15 is 0 Å².